The molecule has 2 amide bonds. The van der Waals surface area contributed by atoms with Crippen LogP contribution in [0.2, 0.25) is 0 Å². The van der Waals surface area contributed by atoms with E-state index in [-0.39, 0.29) is 47.8 Å². The Hall–Kier alpha value is -2.90. The normalized spacial score (nSPS) is 23.2. The van der Waals surface area contributed by atoms with Gasteiger partial charge in [0.05, 0.1) is 13.2 Å². The molecule has 0 spiro atoms. The van der Waals surface area contributed by atoms with Crippen LogP contribution in [0.5, 0.6) is 5.75 Å². The highest BCUT2D eigenvalue weighted by atomic mass is 19.1. The highest BCUT2D eigenvalue weighted by Crippen LogP contribution is 2.36. The van der Waals surface area contributed by atoms with Crippen LogP contribution in [0.4, 0.5) is 9.18 Å². The number of ether oxygens (including phenoxy) is 2. The van der Waals surface area contributed by atoms with Crippen LogP contribution in [0.1, 0.15) is 65.4 Å². The van der Waals surface area contributed by atoms with Crippen molar-refractivity contribution in [1.29, 1.82) is 0 Å². The molecule has 1 aromatic carbocycles. The number of amides is 2. The monoisotopic (exact) mass is 514 g/mol. The van der Waals surface area contributed by atoms with Gasteiger partial charge >= 0.3 is 6.09 Å². The van der Waals surface area contributed by atoms with Gasteiger partial charge in [-0.25, -0.2) is 9.18 Å². The van der Waals surface area contributed by atoms with E-state index in [0.29, 0.717) is 45.5 Å². The van der Waals surface area contributed by atoms with Gasteiger partial charge in [-0.1, -0.05) is 19.1 Å². The SMILES string of the molecule is CC1C=C(c2ccc(OCC3CCN(C(=O)OC(C)(C)C)CC3)c(F)c2)CCC1C(=O)N1CCC(=O)C1. The number of allylic oxidation sites excluding steroid dienone is 2. The third-order valence-corrected chi connectivity index (χ3v) is 7.52. The third kappa shape index (κ3) is 6.90. The Morgan fingerprint density at radius 1 is 1.05 bits per heavy atom. The number of piperidine rings is 1. The molecule has 1 aromatic rings. The highest BCUT2D eigenvalue weighted by molar-refractivity contribution is 5.90. The molecule has 2 heterocycles. The summed E-state index contributed by atoms with van der Waals surface area (Å²) in [7, 11) is 0. The molecule has 0 aromatic heterocycles. The second kappa shape index (κ2) is 11.2. The van der Waals surface area contributed by atoms with Crippen molar-refractivity contribution in [3.05, 3.63) is 35.7 Å². The molecule has 8 heteroatoms. The summed E-state index contributed by atoms with van der Waals surface area (Å²) in [5, 5.41) is 0. The topological polar surface area (TPSA) is 76.2 Å². The number of Topliss-reactive ketones (excluding diaryl/α,β-unsaturated/α-hetero) is 1. The average molecular weight is 515 g/mol. The molecule has 2 saturated heterocycles. The maximum atomic E-state index is 14.9. The van der Waals surface area contributed by atoms with Crippen LogP contribution in [0.3, 0.4) is 0 Å². The smallest absolute Gasteiger partial charge is 0.410 e. The van der Waals surface area contributed by atoms with Crippen molar-refractivity contribution in [2.75, 3.05) is 32.8 Å². The third-order valence-electron chi connectivity index (χ3n) is 7.52. The predicted molar refractivity (Wildman–Crippen MR) is 138 cm³/mol. The van der Waals surface area contributed by atoms with Crippen molar-refractivity contribution in [1.82, 2.24) is 9.80 Å². The molecule has 2 atom stereocenters. The summed E-state index contributed by atoms with van der Waals surface area (Å²) in [6, 6.07) is 5.07. The van der Waals surface area contributed by atoms with Gasteiger partial charge in [0, 0.05) is 32.0 Å². The number of likely N-dealkylation sites (tertiary alicyclic amines) is 2. The molecule has 3 aliphatic rings. The largest absolute Gasteiger partial charge is 0.490 e. The Morgan fingerprint density at radius 2 is 1.78 bits per heavy atom. The lowest BCUT2D eigenvalue weighted by atomic mass is 9.79. The highest BCUT2D eigenvalue weighted by Gasteiger charge is 2.34. The molecule has 0 N–H and O–H groups in total. The molecule has 0 radical (unpaired) electrons. The second-order valence-corrected chi connectivity index (χ2v) is 11.6. The van der Waals surface area contributed by atoms with Gasteiger partial charge in [0.1, 0.15) is 5.60 Å². The lowest BCUT2D eigenvalue weighted by Crippen LogP contribution is -2.42. The molecule has 2 unspecified atom stereocenters. The van der Waals surface area contributed by atoms with E-state index in [2.05, 4.69) is 6.08 Å². The number of benzene rings is 1. The minimum absolute atomic E-state index is 0.0255. The molecular weight excluding hydrogens is 475 g/mol. The summed E-state index contributed by atoms with van der Waals surface area (Å²) in [4.78, 5) is 40.0. The Labute approximate surface area is 219 Å². The fourth-order valence-electron chi connectivity index (χ4n) is 5.37. The molecule has 0 saturated carbocycles. The second-order valence-electron chi connectivity index (χ2n) is 11.6. The van der Waals surface area contributed by atoms with Crippen LogP contribution in [0, 0.1) is 23.6 Å². The molecule has 37 heavy (non-hydrogen) atoms. The van der Waals surface area contributed by atoms with Crippen molar-refractivity contribution in [2.24, 2.45) is 17.8 Å². The molecule has 1 aliphatic carbocycles. The van der Waals surface area contributed by atoms with Crippen LogP contribution in [-0.4, -0.2) is 66.0 Å². The lowest BCUT2D eigenvalue weighted by Gasteiger charge is -2.33. The van der Waals surface area contributed by atoms with Crippen molar-refractivity contribution < 1.29 is 28.2 Å². The fourth-order valence-corrected chi connectivity index (χ4v) is 5.37. The first kappa shape index (κ1) is 27.1. The first-order chi connectivity index (χ1) is 17.5. The van der Waals surface area contributed by atoms with Gasteiger partial charge in [-0.2, -0.15) is 0 Å². The number of rotatable bonds is 5. The van der Waals surface area contributed by atoms with Gasteiger partial charge in [-0.15, -0.1) is 0 Å². The molecule has 7 nitrogen and oxygen atoms in total. The van der Waals surface area contributed by atoms with Crippen LogP contribution in [0.15, 0.2) is 24.3 Å². The van der Waals surface area contributed by atoms with E-state index in [4.69, 9.17) is 9.47 Å². The van der Waals surface area contributed by atoms with Crippen LogP contribution in [-0.2, 0) is 14.3 Å². The van der Waals surface area contributed by atoms with E-state index in [9.17, 15) is 18.8 Å². The van der Waals surface area contributed by atoms with Gasteiger partial charge in [-0.05, 0) is 81.6 Å². The van der Waals surface area contributed by atoms with Crippen molar-refractivity contribution >= 4 is 23.4 Å². The van der Waals surface area contributed by atoms with E-state index in [0.717, 1.165) is 24.0 Å². The van der Waals surface area contributed by atoms with Gasteiger partial charge < -0.3 is 19.3 Å². The molecular formula is C29H39FN2O5. The number of halogens is 1. The van der Waals surface area contributed by atoms with E-state index >= 15 is 0 Å². The molecule has 0 bridgehead atoms. The quantitative estimate of drug-likeness (QED) is 0.548. The summed E-state index contributed by atoms with van der Waals surface area (Å²) >= 11 is 0. The fraction of sp³-hybridized carbons (Fsp3) is 0.621. The average Bonchev–Trinajstić information content (AvgIpc) is 3.28. The predicted octanol–water partition coefficient (Wildman–Crippen LogP) is 5.08. The maximum absolute atomic E-state index is 14.9. The van der Waals surface area contributed by atoms with Crippen LogP contribution >= 0.6 is 0 Å². The van der Waals surface area contributed by atoms with Gasteiger partial charge in [0.25, 0.3) is 0 Å². The number of carbonyl (C=O) groups is 3. The zero-order chi connectivity index (χ0) is 26.7. The lowest BCUT2D eigenvalue weighted by molar-refractivity contribution is -0.137. The van der Waals surface area contributed by atoms with Crippen LogP contribution < -0.4 is 4.74 Å². The number of ketones is 1. The summed E-state index contributed by atoms with van der Waals surface area (Å²) in [5.41, 5.74) is 1.33. The zero-order valence-electron chi connectivity index (χ0n) is 22.4. The Bertz CT molecular complexity index is 1050. The Morgan fingerprint density at radius 3 is 2.38 bits per heavy atom. The summed E-state index contributed by atoms with van der Waals surface area (Å²) in [6.45, 7) is 9.95. The number of hydrogen-bond donors (Lipinski definition) is 0. The minimum Gasteiger partial charge on any atom is -0.490 e. The van der Waals surface area contributed by atoms with E-state index in [1.54, 1.807) is 15.9 Å². The van der Waals surface area contributed by atoms with E-state index in [1.807, 2.05) is 33.8 Å². The van der Waals surface area contributed by atoms with Crippen molar-refractivity contribution in [2.45, 2.75) is 65.4 Å². The van der Waals surface area contributed by atoms with Gasteiger partial charge in [-0.3, -0.25) is 9.59 Å². The Balaban J connectivity index is 1.28. The van der Waals surface area contributed by atoms with E-state index < -0.39 is 11.4 Å². The molecule has 202 valence electrons. The van der Waals surface area contributed by atoms with Gasteiger partial charge in [0.15, 0.2) is 17.3 Å². The minimum atomic E-state index is -0.513. The van der Waals surface area contributed by atoms with Crippen LogP contribution in [0.25, 0.3) is 5.57 Å². The first-order valence-electron chi connectivity index (χ1n) is 13.4. The first-order valence-corrected chi connectivity index (χ1v) is 13.4. The van der Waals surface area contributed by atoms with E-state index in [1.165, 1.54) is 6.07 Å². The van der Waals surface area contributed by atoms with Crippen molar-refractivity contribution in [3.63, 3.8) is 0 Å². The summed E-state index contributed by atoms with van der Waals surface area (Å²) in [6.07, 6.45) is 5.19. The van der Waals surface area contributed by atoms with Crippen molar-refractivity contribution in [3.8, 4) is 5.75 Å². The standard InChI is InChI=1S/C29H39FN2O5/c1-19-15-21(5-7-24(19)27(34)32-14-11-23(33)17-32)22-6-8-26(25(30)16-22)36-18-20-9-12-31(13-10-20)28(35)37-29(2,3)4/h6,8,15-16,19-20,24H,5,7,9-14,17-18H2,1-4H3. The number of nitrogens with zero attached hydrogens (tertiary/aromatic N) is 2. The zero-order valence-corrected chi connectivity index (χ0v) is 22.4. The molecule has 2 fully saturated rings. The molecule has 4 rings (SSSR count). The Kier molecular flexibility index (Phi) is 8.24. The molecule has 2 aliphatic heterocycles. The maximum Gasteiger partial charge on any atom is 0.410 e. The number of hydrogen-bond acceptors (Lipinski definition) is 5. The summed E-state index contributed by atoms with van der Waals surface area (Å²) < 4.78 is 26.2. The summed E-state index contributed by atoms with van der Waals surface area (Å²) in [5.74, 6) is 0.152. The van der Waals surface area contributed by atoms with Gasteiger partial charge in [0.2, 0.25) is 5.91 Å². The number of carbonyl (C=O) groups excluding carboxylic acids is 3.